The number of allylic oxidation sites excluding steroid dienone is 1. The van der Waals surface area contributed by atoms with Crippen LogP contribution in [0.5, 0.6) is 11.5 Å². The van der Waals surface area contributed by atoms with E-state index in [1.54, 1.807) is 24.7 Å². The number of fused-ring (bicyclic) bond motifs is 3. The van der Waals surface area contributed by atoms with Crippen LogP contribution in [0.3, 0.4) is 0 Å². The highest BCUT2D eigenvalue weighted by molar-refractivity contribution is 5.50. The maximum Gasteiger partial charge on any atom is 0.134 e. The fourth-order valence-corrected chi connectivity index (χ4v) is 1.92. The molecule has 0 saturated carbocycles. The Hall–Kier alpha value is -1.90. The lowest BCUT2D eigenvalue weighted by atomic mass is 9.89. The Kier molecular flexibility index (Phi) is 1.71. The molecule has 1 unspecified atom stereocenters. The quantitative estimate of drug-likeness (QED) is 0.701. The Balaban J connectivity index is 2.11. The van der Waals surface area contributed by atoms with Crippen molar-refractivity contribution in [1.82, 2.24) is 0 Å². The van der Waals surface area contributed by atoms with Crippen molar-refractivity contribution in [2.24, 2.45) is 0 Å². The number of hydrogen-bond acceptors (Lipinski definition) is 3. The first-order chi connectivity index (χ1) is 7.34. The topological polar surface area (TPSA) is 38.7 Å². The Morgan fingerprint density at radius 2 is 2.27 bits per heavy atom. The molecule has 3 heteroatoms. The highest BCUT2D eigenvalue weighted by Gasteiger charge is 2.25. The van der Waals surface area contributed by atoms with Gasteiger partial charge < -0.3 is 14.6 Å². The van der Waals surface area contributed by atoms with E-state index in [-0.39, 0.29) is 11.7 Å². The van der Waals surface area contributed by atoms with Gasteiger partial charge in [0.15, 0.2) is 0 Å². The van der Waals surface area contributed by atoms with Crippen LogP contribution < -0.4 is 4.74 Å². The van der Waals surface area contributed by atoms with E-state index in [2.05, 4.69) is 0 Å². The molecule has 0 aromatic heterocycles. The zero-order valence-electron chi connectivity index (χ0n) is 8.01. The van der Waals surface area contributed by atoms with Crippen LogP contribution >= 0.6 is 0 Å². The van der Waals surface area contributed by atoms with Crippen molar-refractivity contribution in [1.29, 1.82) is 0 Å². The van der Waals surface area contributed by atoms with E-state index in [0.717, 1.165) is 16.9 Å². The maximum absolute atomic E-state index is 9.34. The second-order valence-corrected chi connectivity index (χ2v) is 3.65. The van der Waals surface area contributed by atoms with Crippen LogP contribution in [-0.2, 0) is 4.74 Å². The molecule has 1 atom stereocenters. The number of aromatic hydroxyl groups is 1. The van der Waals surface area contributed by atoms with Crippen molar-refractivity contribution in [3.63, 3.8) is 0 Å². The Morgan fingerprint density at radius 1 is 1.33 bits per heavy atom. The van der Waals surface area contributed by atoms with E-state index in [4.69, 9.17) is 9.47 Å². The van der Waals surface area contributed by atoms with Crippen molar-refractivity contribution >= 4 is 0 Å². The molecule has 3 nitrogen and oxygen atoms in total. The fourth-order valence-electron chi connectivity index (χ4n) is 1.92. The Labute approximate surface area is 87.3 Å². The molecule has 15 heavy (non-hydrogen) atoms. The van der Waals surface area contributed by atoms with Gasteiger partial charge in [-0.3, -0.25) is 0 Å². The van der Waals surface area contributed by atoms with Crippen LogP contribution in [0.4, 0.5) is 0 Å². The van der Waals surface area contributed by atoms with Gasteiger partial charge in [0, 0.05) is 23.1 Å². The molecule has 0 amide bonds. The van der Waals surface area contributed by atoms with E-state index >= 15 is 0 Å². The summed E-state index contributed by atoms with van der Waals surface area (Å²) in [7, 11) is 0. The Bertz CT molecular complexity index is 460. The summed E-state index contributed by atoms with van der Waals surface area (Å²) in [6.45, 7) is 0.571. The van der Waals surface area contributed by atoms with E-state index in [9.17, 15) is 5.11 Å². The van der Waals surface area contributed by atoms with Crippen LogP contribution in [0.1, 0.15) is 11.5 Å². The summed E-state index contributed by atoms with van der Waals surface area (Å²) in [5, 5.41) is 9.34. The molecule has 0 saturated heterocycles. The van der Waals surface area contributed by atoms with Gasteiger partial charge in [0.25, 0.3) is 0 Å². The molecule has 1 aromatic carbocycles. The van der Waals surface area contributed by atoms with Crippen LogP contribution in [0.25, 0.3) is 0 Å². The zero-order valence-corrected chi connectivity index (χ0v) is 8.01. The molecule has 1 N–H and O–H groups in total. The average molecular weight is 202 g/mol. The predicted octanol–water partition coefficient (Wildman–Crippen LogP) is 2.30. The molecular weight excluding hydrogens is 192 g/mol. The first-order valence-electron chi connectivity index (χ1n) is 4.81. The standard InChI is InChI=1S/C12H10O3/c13-9-1-2-11-10-3-4-14-6-8(10)7-15-12(11)5-9/h1-5,7,10,13H,6H2. The summed E-state index contributed by atoms with van der Waals surface area (Å²) in [5.74, 6) is 1.17. The number of rotatable bonds is 0. The van der Waals surface area contributed by atoms with Crippen molar-refractivity contribution in [2.45, 2.75) is 5.92 Å². The van der Waals surface area contributed by atoms with Crippen molar-refractivity contribution < 1.29 is 14.6 Å². The van der Waals surface area contributed by atoms with E-state index < -0.39 is 0 Å². The van der Waals surface area contributed by atoms with E-state index in [1.165, 1.54) is 0 Å². The highest BCUT2D eigenvalue weighted by atomic mass is 16.5. The summed E-state index contributed by atoms with van der Waals surface area (Å²) in [4.78, 5) is 0. The monoisotopic (exact) mass is 202 g/mol. The van der Waals surface area contributed by atoms with Crippen molar-refractivity contribution in [3.05, 3.63) is 47.9 Å². The first kappa shape index (κ1) is 8.41. The minimum absolute atomic E-state index is 0.224. The summed E-state index contributed by atoms with van der Waals surface area (Å²) in [5.41, 5.74) is 2.18. The molecule has 76 valence electrons. The van der Waals surface area contributed by atoms with Crippen molar-refractivity contribution in [2.75, 3.05) is 6.61 Å². The van der Waals surface area contributed by atoms with Gasteiger partial charge in [0.2, 0.25) is 0 Å². The SMILES string of the molecule is Oc1ccc2c(c1)OC=C1COC=CC12. The number of benzene rings is 1. The van der Waals surface area contributed by atoms with Gasteiger partial charge in [-0.1, -0.05) is 6.07 Å². The second-order valence-electron chi connectivity index (χ2n) is 3.65. The summed E-state index contributed by atoms with van der Waals surface area (Å²) >= 11 is 0. The second kappa shape index (κ2) is 3.05. The van der Waals surface area contributed by atoms with E-state index in [0.29, 0.717) is 6.61 Å². The minimum Gasteiger partial charge on any atom is -0.508 e. The molecule has 2 aliphatic rings. The lowest BCUT2D eigenvalue weighted by Gasteiger charge is -2.26. The Morgan fingerprint density at radius 3 is 3.20 bits per heavy atom. The highest BCUT2D eigenvalue weighted by Crippen LogP contribution is 2.40. The van der Waals surface area contributed by atoms with Gasteiger partial charge in [-0.15, -0.1) is 0 Å². The van der Waals surface area contributed by atoms with Gasteiger partial charge in [0.1, 0.15) is 18.1 Å². The van der Waals surface area contributed by atoms with Crippen LogP contribution in [0.15, 0.2) is 42.4 Å². The largest absolute Gasteiger partial charge is 0.508 e. The number of phenolic OH excluding ortho intramolecular Hbond substituents is 1. The first-order valence-corrected chi connectivity index (χ1v) is 4.81. The van der Waals surface area contributed by atoms with Crippen LogP contribution in [0.2, 0.25) is 0 Å². The summed E-state index contributed by atoms with van der Waals surface area (Å²) in [6, 6.07) is 5.19. The van der Waals surface area contributed by atoms with Gasteiger partial charge in [-0.05, 0) is 12.1 Å². The lowest BCUT2D eigenvalue weighted by molar-refractivity contribution is 0.254. The average Bonchev–Trinajstić information content (AvgIpc) is 2.28. The molecule has 3 rings (SSSR count). The van der Waals surface area contributed by atoms with Gasteiger partial charge in [0.05, 0.1) is 12.5 Å². The third-order valence-corrected chi connectivity index (χ3v) is 2.69. The normalized spacial score (nSPS) is 21.9. The predicted molar refractivity (Wildman–Crippen MR) is 54.7 cm³/mol. The van der Waals surface area contributed by atoms with E-state index in [1.807, 2.05) is 12.1 Å². The molecule has 0 bridgehead atoms. The van der Waals surface area contributed by atoms with Crippen molar-refractivity contribution in [3.8, 4) is 11.5 Å². The molecule has 2 aliphatic heterocycles. The molecule has 0 fully saturated rings. The third-order valence-electron chi connectivity index (χ3n) is 2.69. The van der Waals surface area contributed by atoms with Crippen LogP contribution in [-0.4, -0.2) is 11.7 Å². The molecule has 0 aliphatic carbocycles. The van der Waals surface area contributed by atoms with Gasteiger partial charge in [-0.2, -0.15) is 0 Å². The molecule has 0 radical (unpaired) electrons. The molecule has 0 spiro atoms. The van der Waals surface area contributed by atoms with Gasteiger partial charge in [-0.25, -0.2) is 0 Å². The smallest absolute Gasteiger partial charge is 0.134 e. The zero-order chi connectivity index (χ0) is 10.3. The molecule has 1 aromatic rings. The van der Waals surface area contributed by atoms with Crippen LogP contribution in [0, 0.1) is 0 Å². The fraction of sp³-hybridized carbons (Fsp3) is 0.167. The molecule has 2 heterocycles. The third kappa shape index (κ3) is 1.28. The van der Waals surface area contributed by atoms with Gasteiger partial charge >= 0.3 is 0 Å². The lowest BCUT2D eigenvalue weighted by Crippen LogP contribution is -2.15. The number of phenols is 1. The summed E-state index contributed by atoms with van der Waals surface area (Å²) < 4.78 is 10.6. The molecular formula is C12H10O3. The minimum atomic E-state index is 0.224. The number of hydrogen-bond donors (Lipinski definition) is 1. The maximum atomic E-state index is 9.34. The number of ether oxygens (including phenoxy) is 2. The summed E-state index contributed by atoms with van der Waals surface area (Å²) in [6.07, 6.45) is 5.41.